The number of esters is 1. The zero-order valence-corrected chi connectivity index (χ0v) is 9.69. The first-order valence-corrected chi connectivity index (χ1v) is 5.02. The van der Waals surface area contributed by atoms with Crippen LogP contribution in [0.1, 0.15) is 19.4 Å². The van der Waals surface area contributed by atoms with Crippen molar-refractivity contribution >= 4 is 12.0 Å². The smallest absolute Gasteiger partial charge is 0.333 e. The molecule has 1 aromatic heterocycles. The molecule has 0 radical (unpaired) electrons. The van der Waals surface area contributed by atoms with Gasteiger partial charge in [0.2, 0.25) is 5.88 Å². The van der Waals surface area contributed by atoms with Crippen molar-refractivity contribution < 1.29 is 14.3 Å². The molecule has 86 valence electrons. The maximum absolute atomic E-state index is 11.3. The van der Waals surface area contributed by atoms with Crippen molar-refractivity contribution in [2.45, 2.75) is 13.8 Å². The molecule has 0 fully saturated rings. The molecule has 4 nitrogen and oxygen atoms in total. The summed E-state index contributed by atoms with van der Waals surface area (Å²) < 4.78 is 9.81. The summed E-state index contributed by atoms with van der Waals surface area (Å²) >= 11 is 0. The van der Waals surface area contributed by atoms with E-state index in [2.05, 4.69) is 4.98 Å². The Morgan fingerprint density at radius 1 is 1.50 bits per heavy atom. The molecule has 0 saturated carbocycles. The predicted molar refractivity (Wildman–Crippen MR) is 61.1 cm³/mol. The molecule has 0 N–H and O–H groups in total. The van der Waals surface area contributed by atoms with Crippen molar-refractivity contribution in [2.24, 2.45) is 0 Å². The van der Waals surface area contributed by atoms with Crippen LogP contribution >= 0.6 is 0 Å². The van der Waals surface area contributed by atoms with E-state index in [1.54, 1.807) is 39.3 Å². The van der Waals surface area contributed by atoms with Crippen LogP contribution in [-0.2, 0) is 9.53 Å². The standard InChI is InChI=1S/C12H15NO3/c1-4-16-12(14)9(2)7-10-5-6-11(15-3)13-8-10/h5-8H,4H2,1-3H3. The minimum Gasteiger partial charge on any atom is -0.481 e. The van der Waals surface area contributed by atoms with E-state index in [-0.39, 0.29) is 5.97 Å². The summed E-state index contributed by atoms with van der Waals surface area (Å²) in [5, 5.41) is 0. The molecule has 0 atom stereocenters. The van der Waals surface area contributed by atoms with Crippen LogP contribution < -0.4 is 4.74 Å². The van der Waals surface area contributed by atoms with Crippen LogP contribution in [0.4, 0.5) is 0 Å². The fraction of sp³-hybridized carbons (Fsp3) is 0.333. The molecule has 1 heterocycles. The maximum Gasteiger partial charge on any atom is 0.333 e. The zero-order valence-electron chi connectivity index (χ0n) is 9.69. The van der Waals surface area contributed by atoms with Gasteiger partial charge >= 0.3 is 5.97 Å². The molecule has 0 bridgehead atoms. The van der Waals surface area contributed by atoms with Gasteiger partial charge in [-0.2, -0.15) is 0 Å². The normalized spacial score (nSPS) is 11.1. The van der Waals surface area contributed by atoms with Crippen molar-refractivity contribution in [1.29, 1.82) is 0 Å². The molecule has 0 aromatic carbocycles. The van der Waals surface area contributed by atoms with E-state index in [1.807, 2.05) is 6.07 Å². The topological polar surface area (TPSA) is 48.4 Å². The van der Waals surface area contributed by atoms with Gasteiger partial charge in [-0.1, -0.05) is 0 Å². The molecule has 0 saturated heterocycles. The third-order valence-electron chi connectivity index (χ3n) is 1.95. The fourth-order valence-corrected chi connectivity index (χ4v) is 1.15. The summed E-state index contributed by atoms with van der Waals surface area (Å²) in [5.41, 5.74) is 1.39. The lowest BCUT2D eigenvalue weighted by Gasteiger charge is -2.02. The van der Waals surface area contributed by atoms with Gasteiger partial charge in [0.15, 0.2) is 0 Å². The molecule has 0 unspecified atom stereocenters. The summed E-state index contributed by atoms with van der Waals surface area (Å²) in [7, 11) is 1.56. The van der Waals surface area contributed by atoms with Gasteiger partial charge in [0, 0.05) is 17.8 Å². The molecular formula is C12H15NO3. The molecule has 0 aliphatic rings. The van der Waals surface area contributed by atoms with E-state index in [9.17, 15) is 4.79 Å². The molecule has 0 aliphatic heterocycles. The number of hydrogen-bond acceptors (Lipinski definition) is 4. The van der Waals surface area contributed by atoms with E-state index in [0.717, 1.165) is 5.56 Å². The molecule has 0 amide bonds. The number of aromatic nitrogens is 1. The Kier molecular flexibility index (Phi) is 4.51. The largest absolute Gasteiger partial charge is 0.481 e. The lowest BCUT2D eigenvalue weighted by Crippen LogP contribution is -2.04. The highest BCUT2D eigenvalue weighted by molar-refractivity contribution is 5.92. The highest BCUT2D eigenvalue weighted by Crippen LogP contribution is 2.10. The number of carbonyl (C=O) groups is 1. The lowest BCUT2D eigenvalue weighted by molar-refractivity contribution is -0.138. The average Bonchev–Trinajstić information content (AvgIpc) is 2.30. The highest BCUT2D eigenvalue weighted by atomic mass is 16.5. The van der Waals surface area contributed by atoms with E-state index in [0.29, 0.717) is 18.1 Å². The number of pyridine rings is 1. The fourth-order valence-electron chi connectivity index (χ4n) is 1.15. The van der Waals surface area contributed by atoms with Crippen LogP contribution in [0.25, 0.3) is 6.08 Å². The minimum absolute atomic E-state index is 0.307. The number of ether oxygens (including phenoxy) is 2. The summed E-state index contributed by atoms with van der Waals surface area (Å²) in [6, 6.07) is 3.57. The summed E-state index contributed by atoms with van der Waals surface area (Å²) in [6.45, 7) is 3.87. The Bertz CT molecular complexity index is 382. The van der Waals surface area contributed by atoms with Crippen molar-refractivity contribution in [3.8, 4) is 5.88 Å². The zero-order chi connectivity index (χ0) is 12.0. The summed E-state index contributed by atoms with van der Waals surface area (Å²) in [4.78, 5) is 15.4. The number of nitrogens with zero attached hydrogens (tertiary/aromatic N) is 1. The van der Waals surface area contributed by atoms with Crippen molar-refractivity contribution in [3.05, 3.63) is 29.5 Å². The highest BCUT2D eigenvalue weighted by Gasteiger charge is 2.04. The van der Waals surface area contributed by atoms with E-state index < -0.39 is 0 Å². The Morgan fingerprint density at radius 2 is 2.25 bits per heavy atom. The van der Waals surface area contributed by atoms with Crippen LogP contribution in [0.5, 0.6) is 5.88 Å². The van der Waals surface area contributed by atoms with E-state index in [1.165, 1.54) is 0 Å². The van der Waals surface area contributed by atoms with Gasteiger partial charge < -0.3 is 9.47 Å². The van der Waals surface area contributed by atoms with Crippen molar-refractivity contribution in [3.63, 3.8) is 0 Å². The molecule has 1 rings (SSSR count). The molecule has 0 spiro atoms. The molecule has 4 heteroatoms. The SMILES string of the molecule is CCOC(=O)C(C)=Cc1ccc(OC)nc1. The number of carbonyl (C=O) groups excluding carboxylic acids is 1. The monoisotopic (exact) mass is 221 g/mol. The van der Waals surface area contributed by atoms with Crippen LogP contribution in [0.15, 0.2) is 23.9 Å². The molecular weight excluding hydrogens is 206 g/mol. The molecule has 1 aromatic rings. The van der Waals surface area contributed by atoms with Gasteiger partial charge in [-0.3, -0.25) is 0 Å². The first-order valence-electron chi connectivity index (χ1n) is 5.02. The molecule has 16 heavy (non-hydrogen) atoms. The quantitative estimate of drug-likeness (QED) is 0.576. The van der Waals surface area contributed by atoms with Gasteiger partial charge in [0.05, 0.1) is 13.7 Å². The maximum atomic E-state index is 11.3. The third-order valence-corrected chi connectivity index (χ3v) is 1.95. The van der Waals surface area contributed by atoms with E-state index >= 15 is 0 Å². The Morgan fingerprint density at radius 3 is 2.75 bits per heavy atom. The van der Waals surface area contributed by atoms with Gasteiger partial charge in [0.25, 0.3) is 0 Å². The summed E-state index contributed by atoms with van der Waals surface area (Å²) in [5.74, 6) is 0.240. The van der Waals surface area contributed by atoms with Crippen LogP contribution in [0.3, 0.4) is 0 Å². The predicted octanol–water partition coefficient (Wildman–Crippen LogP) is 2.06. The van der Waals surface area contributed by atoms with Gasteiger partial charge in [-0.05, 0) is 31.6 Å². The van der Waals surface area contributed by atoms with Crippen molar-refractivity contribution in [1.82, 2.24) is 4.98 Å². The molecule has 0 aliphatic carbocycles. The van der Waals surface area contributed by atoms with Crippen molar-refractivity contribution in [2.75, 3.05) is 13.7 Å². The van der Waals surface area contributed by atoms with Crippen LogP contribution in [-0.4, -0.2) is 24.7 Å². The van der Waals surface area contributed by atoms with Gasteiger partial charge in [-0.15, -0.1) is 0 Å². The average molecular weight is 221 g/mol. The van der Waals surface area contributed by atoms with Gasteiger partial charge in [0.1, 0.15) is 0 Å². The van der Waals surface area contributed by atoms with Crippen LogP contribution in [0, 0.1) is 0 Å². The summed E-state index contributed by atoms with van der Waals surface area (Å²) in [6.07, 6.45) is 3.37. The number of rotatable bonds is 4. The second-order valence-electron chi connectivity index (χ2n) is 3.18. The third kappa shape index (κ3) is 3.38. The second-order valence-corrected chi connectivity index (χ2v) is 3.18. The minimum atomic E-state index is -0.307. The Hall–Kier alpha value is -1.84. The van der Waals surface area contributed by atoms with Gasteiger partial charge in [-0.25, -0.2) is 9.78 Å². The number of hydrogen-bond donors (Lipinski definition) is 0. The van der Waals surface area contributed by atoms with E-state index in [4.69, 9.17) is 9.47 Å². The lowest BCUT2D eigenvalue weighted by atomic mass is 10.2. The first kappa shape index (κ1) is 12.2. The first-order chi connectivity index (χ1) is 7.67. The Balaban J connectivity index is 2.77. The Labute approximate surface area is 94.9 Å². The second kappa shape index (κ2) is 5.90. The van der Waals surface area contributed by atoms with Crippen LogP contribution in [0.2, 0.25) is 0 Å². The number of methoxy groups -OCH3 is 1.